The Morgan fingerprint density at radius 3 is 2.92 bits per heavy atom. The molecule has 2 aliphatic heterocycles. The Morgan fingerprint density at radius 1 is 1.40 bits per heavy atom. The summed E-state index contributed by atoms with van der Waals surface area (Å²) in [4.78, 5) is 32.7. The number of oxazole rings is 1. The Balaban J connectivity index is 1.63. The Morgan fingerprint density at radius 2 is 2.20 bits per heavy atom. The number of hydrogen-bond donors (Lipinski definition) is 1. The molecule has 1 fully saturated rings. The highest BCUT2D eigenvalue weighted by atomic mass is 16.3. The number of hydrogen-bond acceptors (Lipinski definition) is 5. The van der Waals surface area contributed by atoms with Crippen LogP contribution >= 0.6 is 0 Å². The number of para-hydroxylation sites is 1. The topological polar surface area (TPSA) is 92.7 Å². The number of nitrogens with two attached hydrogens (primary N) is 1. The average molecular weight is 340 g/mol. The van der Waals surface area contributed by atoms with Gasteiger partial charge in [0.15, 0.2) is 5.89 Å². The largest absolute Gasteiger partial charge is 0.449 e. The fourth-order valence-electron chi connectivity index (χ4n) is 4.04. The summed E-state index contributed by atoms with van der Waals surface area (Å²) in [5.41, 5.74) is 7.39. The van der Waals surface area contributed by atoms with Crippen LogP contribution in [-0.4, -0.2) is 41.3 Å². The van der Waals surface area contributed by atoms with Gasteiger partial charge in [0.1, 0.15) is 12.8 Å². The molecule has 1 saturated heterocycles. The molecule has 25 heavy (non-hydrogen) atoms. The van der Waals surface area contributed by atoms with Gasteiger partial charge in [0, 0.05) is 32.2 Å². The molecule has 7 heteroatoms. The fraction of sp³-hybridized carbons (Fsp3) is 0.389. The van der Waals surface area contributed by atoms with E-state index in [4.69, 9.17) is 10.2 Å². The first-order valence-corrected chi connectivity index (χ1v) is 8.33. The summed E-state index contributed by atoms with van der Waals surface area (Å²) in [5.74, 6) is 0.0956. The maximum absolute atomic E-state index is 13.2. The number of amides is 2. The molecule has 1 aromatic carbocycles. The van der Waals surface area contributed by atoms with Crippen LogP contribution in [0.5, 0.6) is 0 Å². The third-order valence-corrected chi connectivity index (χ3v) is 5.08. The summed E-state index contributed by atoms with van der Waals surface area (Å²) >= 11 is 0. The van der Waals surface area contributed by atoms with Gasteiger partial charge in [0.05, 0.1) is 11.1 Å². The van der Waals surface area contributed by atoms with Gasteiger partial charge in [-0.3, -0.25) is 14.5 Å². The molecule has 1 atom stereocenters. The van der Waals surface area contributed by atoms with Gasteiger partial charge in [-0.15, -0.1) is 0 Å². The molecule has 0 saturated carbocycles. The number of nitrogens with zero attached hydrogens (tertiary/aromatic N) is 3. The fourth-order valence-corrected chi connectivity index (χ4v) is 4.04. The lowest BCUT2D eigenvalue weighted by Crippen LogP contribution is -2.45. The van der Waals surface area contributed by atoms with Crippen molar-refractivity contribution in [2.45, 2.75) is 25.3 Å². The minimum atomic E-state index is -0.606. The lowest BCUT2D eigenvalue weighted by molar-refractivity contribution is -0.125. The Hall–Kier alpha value is -2.67. The van der Waals surface area contributed by atoms with Gasteiger partial charge in [0.2, 0.25) is 11.8 Å². The summed E-state index contributed by atoms with van der Waals surface area (Å²) in [6, 6.07) is 7.68. The normalized spacial score (nSPS) is 22.8. The lowest BCUT2D eigenvalue weighted by Gasteiger charge is -2.24. The van der Waals surface area contributed by atoms with Gasteiger partial charge in [-0.25, -0.2) is 4.98 Å². The van der Waals surface area contributed by atoms with Crippen molar-refractivity contribution < 1.29 is 14.0 Å². The maximum Gasteiger partial charge on any atom is 0.239 e. The van der Waals surface area contributed by atoms with E-state index in [1.165, 1.54) is 4.90 Å². The first-order valence-electron chi connectivity index (χ1n) is 8.33. The molecule has 130 valence electrons. The number of aryl methyl sites for hydroxylation is 1. The van der Waals surface area contributed by atoms with Gasteiger partial charge >= 0.3 is 0 Å². The molecular formula is C18H20N4O3. The molecule has 1 spiro atoms. The monoisotopic (exact) mass is 340 g/mol. The number of rotatable bonds is 4. The highest BCUT2D eigenvalue weighted by molar-refractivity contribution is 6.11. The zero-order valence-corrected chi connectivity index (χ0v) is 14.1. The third kappa shape index (κ3) is 2.51. The van der Waals surface area contributed by atoms with Crippen LogP contribution in [0.15, 0.2) is 34.9 Å². The van der Waals surface area contributed by atoms with Gasteiger partial charge in [-0.2, -0.15) is 0 Å². The molecule has 0 radical (unpaired) electrons. The van der Waals surface area contributed by atoms with E-state index >= 15 is 0 Å². The van der Waals surface area contributed by atoms with Crippen molar-refractivity contribution in [1.29, 1.82) is 0 Å². The summed E-state index contributed by atoms with van der Waals surface area (Å²) in [7, 11) is 0. The smallest absolute Gasteiger partial charge is 0.239 e. The van der Waals surface area contributed by atoms with E-state index < -0.39 is 11.3 Å². The highest BCUT2D eigenvalue weighted by Crippen LogP contribution is 2.47. The number of primary amides is 1. The summed E-state index contributed by atoms with van der Waals surface area (Å²) in [6.07, 6.45) is 2.37. The molecule has 2 amide bonds. The predicted molar refractivity (Wildman–Crippen MR) is 90.8 cm³/mol. The molecule has 2 aliphatic rings. The van der Waals surface area contributed by atoms with Crippen LogP contribution in [0.4, 0.5) is 5.69 Å². The zero-order valence-electron chi connectivity index (χ0n) is 14.1. The van der Waals surface area contributed by atoms with Crippen LogP contribution in [0, 0.1) is 6.92 Å². The quantitative estimate of drug-likeness (QED) is 0.895. The van der Waals surface area contributed by atoms with Gasteiger partial charge in [-0.05, 0) is 18.1 Å². The second kappa shape index (κ2) is 5.70. The van der Waals surface area contributed by atoms with Crippen molar-refractivity contribution in [3.05, 3.63) is 47.7 Å². The minimum Gasteiger partial charge on any atom is -0.449 e. The van der Waals surface area contributed by atoms with E-state index in [2.05, 4.69) is 9.88 Å². The van der Waals surface area contributed by atoms with E-state index in [9.17, 15) is 9.59 Å². The first kappa shape index (κ1) is 15.8. The zero-order chi connectivity index (χ0) is 17.6. The van der Waals surface area contributed by atoms with Gasteiger partial charge in [0.25, 0.3) is 0 Å². The summed E-state index contributed by atoms with van der Waals surface area (Å²) < 4.78 is 5.27. The average Bonchev–Trinajstić information content (AvgIpc) is 3.24. The summed E-state index contributed by atoms with van der Waals surface area (Å²) in [5, 5.41) is 0. The van der Waals surface area contributed by atoms with E-state index in [-0.39, 0.29) is 12.5 Å². The van der Waals surface area contributed by atoms with Crippen molar-refractivity contribution in [3.63, 3.8) is 0 Å². The van der Waals surface area contributed by atoms with Crippen LogP contribution in [0.2, 0.25) is 0 Å². The van der Waals surface area contributed by atoms with Crippen LogP contribution in [0.25, 0.3) is 0 Å². The van der Waals surface area contributed by atoms with Crippen molar-refractivity contribution in [1.82, 2.24) is 9.88 Å². The Kier molecular flexibility index (Phi) is 3.61. The maximum atomic E-state index is 13.2. The molecule has 0 aliphatic carbocycles. The predicted octanol–water partition coefficient (Wildman–Crippen LogP) is 0.959. The van der Waals surface area contributed by atoms with Crippen molar-refractivity contribution in [2.75, 3.05) is 24.5 Å². The number of anilines is 1. The Bertz CT molecular complexity index is 846. The lowest BCUT2D eigenvalue weighted by atomic mass is 9.81. The van der Waals surface area contributed by atoms with E-state index in [1.807, 2.05) is 31.2 Å². The second-order valence-electron chi connectivity index (χ2n) is 6.78. The molecule has 0 unspecified atom stereocenters. The number of benzene rings is 1. The molecule has 0 bridgehead atoms. The second-order valence-corrected chi connectivity index (χ2v) is 6.78. The number of likely N-dealkylation sites (tertiary alicyclic amines) is 1. The van der Waals surface area contributed by atoms with Crippen molar-refractivity contribution in [3.8, 4) is 0 Å². The molecule has 3 heterocycles. The van der Waals surface area contributed by atoms with Crippen LogP contribution in [0.3, 0.4) is 0 Å². The molecule has 7 nitrogen and oxygen atoms in total. The molecule has 2 N–H and O–H groups in total. The van der Waals surface area contributed by atoms with Crippen LogP contribution in [-0.2, 0) is 21.5 Å². The number of fused-ring (bicyclic) bond motifs is 2. The minimum absolute atomic E-state index is 0.0358. The van der Waals surface area contributed by atoms with Gasteiger partial charge in [-0.1, -0.05) is 18.2 Å². The van der Waals surface area contributed by atoms with E-state index in [0.29, 0.717) is 19.0 Å². The number of aromatic nitrogens is 1. The standard InChI is InChI=1S/C18H20N4O3/c1-12-20-13(10-25-12)8-21-7-6-18(11-21)14-4-2-3-5-15(14)22(17(18)24)9-16(19)23/h2-5,10H,6-9,11H2,1H3,(H2,19,23)/t18-/m0/s1. The van der Waals surface area contributed by atoms with E-state index in [1.54, 1.807) is 6.26 Å². The Labute approximate surface area is 145 Å². The highest BCUT2D eigenvalue weighted by Gasteiger charge is 2.54. The first-order chi connectivity index (χ1) is 12.0. The molecule has 1 aromatic heterocycles. The molecule has 2 aromatic rings. The number of carbonyl (C=O) groups is 2. The van der Waals surface area contributed by atoms with Gasteiger partial charge < -0.3 is 15.1 Å². The molecular weight excluding hydrogens is 320 g/mol. The SMILES string of the molecule is Cc1nc(CN2CC[C@@]3(C2)C(=O)N(CC(N)=O)c2ccccc23)co1. The third-order valence-electron chi connectivity index (χ3n) is 5.08. The van der Waals surface area contributed by atoms with E-state index in [0.717, 1.165) is 29.9 Å². The molecule has 4 rings (SSSR count). The van der Waals surface area contributed by atoms with Crippen LogP contribution in [0.1, 0.15) is 23.6 Å². The van der Waals surface area contributed by atoms with Crippen molar-refractivity contribution >= 4 is 17.5 Å². The number of carbonyl (C=O) groups excluding carboxylic acids is 2. The van der Waals surface area contributed by atoms with Crippen LogP contribution < -0.4 is 10.6 Å². The van der Waals surface area contributed by atoms with Crippen molar-refractivity contribution in [2.24, 2.45) is 5.73 Å². The summed E-state index contributed by atoms with van der Waals surface area (Å²) in [6.45, 7) is 3.76.